The van der Waals surface area contributed by atoms with E-state index < -0.39 is 0 Å². The summed E-state index contributed by atoms with van der Waals surface area (Å²) < 4.78 is 5.33. The van der Waals surface area contributed by atoms with Crippen LogP contribution in [0.3, 0.4) is 0 Å². The zero-order valence-electron chi connectivity index (χ0n) is 13.4. The van der Waals surface area contributed by atoms with E-state index in [4.69, 9.17) is 10.5 Å². The molecule has 1 aromatic carbocycles. The summed E-state index contributed by atoms with van der Waals surface area (Å²) in [5, 5.41) is 3.64. The molecule has 4 nitrogen and oxygen atoms in total. The van der Waals surface area contributed by atoms with Gasteiger partial charge in [-0.1, -0.05) is 24.6 Å². The predicted molar refractivity (Wildman–Crippen MR) is 94.2 cm³/mol. The number of nitrogens with two attached hydrogens (primary N) is 1. The summed E-state index contributed by atoms with van der Waals surface area (Å²) in [4.78, 5) is 14.0. The summed E-state index contributed by atoms with van der Waals surface area (Å²) >= 11 is 1.58. The second-order valence-electron chi connectivity index (χ2n) is 5.80. The van der Waals surface area contributed by atoms with E-state index >= 15 is 0 Å². The standard InChI is InChI=1S/C18H22N2O2S/c1-22-14-9-6-5-7-12(14)11-20-18(21)16-13-8-3-2-4-10-15(13)23-17(16)19/h5-7,9H,2-4,8,10-11,19H2,1H3,(H,20,21). The Bertz CT molecular complexity index is 709. The smallest absolute Gasteiger partial charge is 0.254 e. The van der Waals surface area contributed by atoms with Crippen molar-refractivity contribution in [1.82, 2.24) is 5.32 Å². The van der Waals surface area contributed by atoms with Crippen molar-refractivity contribution >= 4 is 22.2 Å². The van der Waals surface area contributed by atoms with Gasteiger partial charge in [-0.3, -0.25) is 4.79 Å². The van der Waals surface area contributed by atoms with Crippen molar-refractivity contribution in [3.63, 3.8) is 0 Å². The molecule has 1 aliphatic carbocycles. The highest BCUT2D eigenvalue weighted by Crippen LogP contribution is 2.35. The molecule has 1 aromatic heterocycles. The van der Waals surface area contributed by atoms with Crippen molar-refractivity contribution in [2.45, 2.75) is 38.6 Å². The molecule has 0 radical (unpaired) electrons. The molecule has 0 unspecified atom stereocenters. The van der Waals surface area contributed by atoms with Crippen molar-refractivity contribution in [3.05, 3.63) is 45.8 Å². The van der Waals surface area contributed by atoms with E-state index in [9.17, 15) is 4.79 Å². The number of anilines is 1. The number of nitrogens with one attached hydrogen (secondary N) is 1. The van der Waals surface area contributed by atoms with Crippen LogP contribution in [-0.2, 0) is 19.4 Å². The first-order valence-corrected chi connectivity index (χ1v) is 8.82. The summed E-state index contributed by atoms with van der Waals surface area (Å²) in [6, 6.07) is 7.71. The Morgan fingerprint density at radius 1 is 1.26 bits per heavy atom. The van der Waals surface area contributed by atoms with Crippen LogP contribution in [0.2, 0.25) is 0 Å². The van der Waals surface area contributed by atoms with Gasteiger partial charge in [0.1, 0.15) is 5.75 Å². The van der Waals surface area contributed by atoms with Crippen LogP contribution in [0.25, 0.3) is 0 Å². The number of para-hydroxylation sites is 1. The number of thiophene rings is 1. The predicted octanol–water partition coefficient (Wildman–Crippen LogP) is 3.54. The average Bonchev–Trinajstić information content (AvgIpc) is 2.72. The maximum atomic E-state index is 12.7. The SMILES string of the molecule is COc1ccccc1CNC(=O)c1c(N)sc2c1CCCCC2. The van der Waals surface area contributed by atoms with Crippen LogP contribution in [0.1, 0.15) is 45.6 Å². The Morgan fingerprint density at radius 3 is 2.87 bits per heavy atom. The number of ether oxygens (including phenoxy) is 1. The van der Waals surface area contributed by atoms with E-state index in [1.807, 2.05) is 24.3 Å². The molecule has 122 valence electrons. The Labute approximate surface area is 140 Å². The molecule has 1 aliphatic rings. The number of benzene rings is 1. The molecule has 0 saturated heterocycles. The number of nitrogen functional groups attached to an aromatic ring is 1. The van der Waals surface area contributed by atoms with Crippen molar-refractivity contribution in [3.8, 4) is 5.75 Å². The number of aryl methyl sites for hydroxylation is 1. The minimum absolute atomic E-state index is 0.0761. The van der Waals surface area contributed by atoms with E-state index in [1.54, 1.807) is 18.4 Å². The monoisotopic (exact) mass is 330 g/mol. The molecule has 0 spiro atoms. The van der Waals surface area contributed by atoms with Gasteiger partial charge in [0.05, 0.1) is 17.7 Å². The van der Waals surface area contributed by atoms with Crippen LogP contribution in [0.4, 0.5) is 5.00 Å². The maximum Gasteiger partial charge on any atom is 0.254 e. The Balaban J connectivity index is 1.77. The third kappa shape index (κ3) is 3.34. The average molecular weight is 330 g/mol. The minimum atomic E-state index is -0.0761. The van der Waals surface area contributed by atoms with Crippen molar-refractivity contribution in [2.75, 3.05) is 12.8 Å². The van der Waals surface area contributed by atoms with Gasteiger partial charge >= 0.3 is 0 Å². The number of hydrogen-bond donors (Lipinski definition) is 2. The van der Waals surface area contributed by atoms with Gasteiger partial charge in [-0.2, -0.15) is 0 Å². The normalized spacial score (nSPS) is 14.0. The van der Waals surface area contributed by atoms with E-state index in [1.165, 1.54) is 23.3 Å². The van der Waals surface area contributed by atoms with E-state index in [2.05, 4.69) is 5.32 Å². The molecule has 0 fully saturated rings. The zero-order valence-corrected chi connectivity index (χ0v) is 14.2. The van der Waals surface area contributed by atoms with E-state index in [0.29, 0.717) is 17.1 Å². The minimum Gasteiger partial charge on any atom is -0.496 e. The molecular weight excluding hydrogens is 308 g/mol. The number of methoxy groups -OCH3 is 1. The molecular formula is C18H22N2O2S. The van der Waals surface area contributed by atoms with Gasteiger partial charge in [0, 0.05) is 17.0 Å². The lowest BCUT2D eigenvalue weighted by molar-refractivity contribution is 0.0951. The van der Waals surface area contributed by atoms with Crippen molar-refractivity contribution in [2.24, 2.45) is 0 Å². The molecule has 1 amide bonds. The van der Waals surface area contributed by atoms with Gasteiger partial charge in [-0.25, -0.2) is 0 Å². The van der Waals surface area contributed by atoms with Gasteiger partial charge in [0.2, 0.25) is 0 Å². The maximum absolute atomic E-state index is 12.7. The highest BCUT2D eigenvalue weighted by molar-refractivity contribution is 7.16. The van der Waals surface area contributed by atoms with Crippen LogP contribution >= 0.6 is 11.3 Å². The summed E-state index contributed by atoms with van der Waals surface area (Å²) in [6.07, 6.45) is 5.55. The molecule has 0 atom stereocenters. The summed E-state index contributed by atoms with van der Waals surface area (Å²) in [6.45, 7) is 0.437. The molecule has 3 N–H and O–H groups in total. The fourth-order valence-electron chi connectivity index (χ4n) is 3.13. The molecule has 1 heterocycles. The summed E-state index contributed by atoms with van der Waals surface area (Å²) in [5.41, 5.74) is 8.96. The lowest BCUT2D eigenvalue weighted by atomic mass is 10.0. The first kappa shape index (κ1) is 15.9. The van der Waals surface area contributed by atoms with Gasteiger partial charge < -0.3 is 15.8 Å². The van der Waals surface area contributed by atoms with Crippen LogP contribution in [0.15, 0.2) is 24.3 Å². The van der Waals surface area contributed by atoms with E-state index in [-0.39, 0.29) is 5.91 Å². The van der Waals surface area contributed by atoms with Crippen LogP contribution in [0.5, 0.6) is 5.75 Å². The number of amides is 1. The lowest BCUT2D eigenvalue weighted by Gasteiger charge is -2.10. The molecule has 3 rings (SSSR count). The fraction of sp³-hybridized carbons (Fsp3) is 0.389. The van der Waals surface area contributed by atoms with Crippen LogP contribution < -0.4 is 15.8 Å². The third-order valence-electron chi connectivity index (χ3n) is 4.31. The quantitative estimate of drug-likeness (QED) is 0.843. The van der Waals surface area contributed by atoms with Crippen molar-refractivity contribution in [1.29, 1.82) is 0 Å². The molecule has 23 heavy (non-hydrogen) atoms. The van der Waals surface area contributed by atoms with Gasteiger partial charge in [-0.05, 0) is 37.3 Å². The summed E-state index contributed by atoms with van der Waals surface area (Å²) in [5.74, 6) is 0.706. The third-order valence-corrected chi connectivity index (χ3v) is 5.43. The van der Waals surface area contributed by atoms with Gasteiger partial charge in [-0.15, -0.1) is 11.3 Å². The number of hydrogen-bond acceptors (Lipinski definition) is 4. The molecule has 2 aromatic rings. The van der Waals surface area contributed by atoms with Gasteiger partial charge in [0.25, 0.3) is 5.91 Å². The highest BCUT2D eigenvalue weighted by Gasteiger charge is 2.23. The second kappa shape index (κ2) is 7.04. The molecule has 0 saturated carbocycles. The van der Waals surface area contributed by atoms with Gasteiger partial charge in [0.15, 0.2) is 0 Å². The highest BCUT2D eigenvalue weighted by atomic mass is 32.1. The zero-order chi connectivity index (χ0) is 16.2. The number of carbonyl (C=O) groups is 1. The van der Waals surface area contributed by atoms with E-state index in [0.717, 1.165) is 30.6 Å². The Morgan fingerprint density at radius 2 is 2.04 bits per heavy atom. The molecule has 0 bridgehead atoms. The number of fused-ring (bicyclic) bond motifs is 1. The second-order valence-corrected chi connectivity index (χ2v) is 6.93. The van der Waals surface area contributed by atoms with Crippen molar-refractivity contribution < 1.29 is 9.53 Å². The summed E-state index contributed by atoms with van der Waals surface area (Å²) in [7, 11) is 1.64. The topological polar surface area (TPSA) is 64.3 Å². The first-order chi connectivity index (χ1) is 11.2. The molecule has 5 heteroatoms. The molecule has 0 aliphatic heterocycles. The van der Waals surface area contributed by atoms with Crippen LogP contribution in [0, 0.1) is 0 Å². The Kier molecular flexibility index (Phi) is 4.86. The fourth-order valence-corrected chi connectivity index (χ4v) is 4.28. The number of carbonyl (C=O) groups excluding carboxylic acids is 1. The number of rotatable bonds is 4. The Hall–Kier alpha value is -2.01. The van der Waals surface area contributed by atoms with Crippen LogP contribution in [-0.4, -0.2) is 13.0 Å². The lowest BCUT2D eigenvalue weighted by Crippen LogP contribution is -2.24. The first-order valence-electron chi connectivity index (χ1n) is 8.00. The largest absolute Gasteiger partial charge is 0.496 e.